The zero-order valence-electron chi connectivity index (χ0n) is 14.4. The third-order valence-electron chi connectivity index (χ3n) is 4.66. The maximum Gasteiger partial charge on any atom is 0.254 e. The molecule has 0 N–H and O–H groups in total. The van der Waals surface area contributed by atoms with Crippen LogP contribution in [0, 0.1) is 0 Å². The molecule has 1 amide bonds. The summed E-state index contributed by atoms with van der Waals surface area (Å²) < 4.78 is 18.0. The molecule has 2 aliphatic rings. The van der Waals surface area contributed by atoms with E-state index in [1.54, 1.807) is 25.3 Å². The molecule has 1 aromatic carbocycles. The van der Waals surface area contributed by atoms with Crippen molar-refractivity contribution in [3.05, 3.63) is 41.2 Å². The Labute approximate surface area is 146 Å². The summed E-state index contributed by atoms with van der Waals surface area (Å²) in [5.41, 5.74) is 2.73. The van der Waals surface area contributed by atoms with Gasteiger partial charge in [-0.3, -0.25) is 9.48 Å². The molecule has 0 saturated carbocycles. The molecule has 4 rings (SSSR count). The van der Waals surface area contributed by atoms with Crippen LogP contribution in [0.25, 0.3) is 0 Å². The Morgan fingerprint density at radius 1 is 1.36 bits per heavy atom. The van der Waals surface area contributed by atoms with Crippen LogP contribution in [-0.4, -0.2) is 47.6 Å². The van der Waals surface area contributed by atoms with Gasteiger partial charge in [0.2, 0.25) is 6.79 Å². The van der Waals surface area contributed by atoms with Crippen LogP contribution in [0.4, 0.5) is 0 Å². The molecule has 0 bridgehead atoms. The van der Waals surface area contributed by atoms with Crippen LogP contribution < -0.4 is 9.47 Å². The Hall–Kier alpha value is -2.54. The predicted octanol–water partition coefficient (Wildman–Crippen LogP) is 2.02. The number of aryl methyl sites for hydroxylation is 1. The standard InChI is InChI=1S/C18H21N3O4/c1-3-21-9-13-7-20(8-14(10-23-2)17(13)19-21)18(22)12-4-5-15-16(6-12)25-11-24-15/h4-6,9,14H,3,7-8,10-11H2,1-2H3/t14-/m0/s1. The smallest absolute Gasteiger partial charge is 0.254 e. The lowest BCUT2D eigenvalue weighted by atomic mass is 9.96. The minimum atomic E-state index is -0.0192. The number of aromatic nitrogens is 2. The molecule has 7 nitrogen and oxygen atoms in total. The van der Waals surface area contributed by atoms with Crippen LogP contribution in [0.5, 0.6) is 11.5 Å². The van der Waals surface area contributed by atoms with E-state index in [0.717, 1.165) is 17.8 Å². The molecule has 2 aromatic rings. The predicted molar refractivity (Wildman–Crippen MR) is 89.8 cm³/mol. The highest BCUT2D eigenvalue weighted by Gasteiger charge is 2.32. The van der Waals surface area contributed by atoms with Crippen LogP contribution in [-0.2, 0) is 17.8 Å². The highest BCUT2D eigenvalue weighted by atomic mass is 16.7. The SMILES string of the molecule is CCn1cc2c(n1)[C@H](COC)CN(C(=O)c1ccc3c(c1)OCO3)C2. The Balaban J connectivity index is 1.61. The quantitative estimate of drug-likeness (QED) is 0.850. The Morgan fingerprint density at radius 2 is 2.20 bits per heavy atom. The van der Waals surface area contributed by atoms with Crippen molar-refractivity contribution < 1.29 is 19.0 Å². The summed E-state index contributed by atoms with van der Waals surface area (Å²) in [7, 11) is 1.68. The number of benzene rings is 1. The van der Waals surface area contributed by atoms with Gasteiger partial charge in [0.25, 0.3) is 5.91 Å². The van der Waals surface area contributed by atoms with E-state index in [9.17, 15) is 4.79 Å². The number of ether oxygens (including phenoxy) is 3. The molecule has 0 unspecified atom stereocenters. The van der Waals surface area contributed by atoms with E-state index < -0.39 is 0 Å². The van der Waals surface area contributed by atoms with E-state index in [4.69, 9.17) is 14.2 Å². The number of amides is 1. The topological polar surface area (TPSA) is 65.8 Å². The Bertz CT molecular complexity index is 802. The first-order valence-corrected chi connectivity index (χ1v) is 8.43. The van der Waals surface area contributed by atoms with Gasteiger partial charge in [-0.15, -0.1) is 0 Å². The molecule has 132 valence electrons. The van der Waals surface area contributed by atoms with E-state index in [-0.39, 0.29) is 18.6 Å². The van der Waals surface area contributed by atoms with Crippen molar-refractivity contribution in [1.29, 1.82) is 0 Å². The molecule has 0 saturated heterocycles. The molecule has 2 aliphatic heterocycles. The second-order valence-electron chi connectivity index (χ2n) is 6.30. The first kappa shape index (κ1) is 16.0. The molecule has 0 fully saturated rings. The molecule has 3 heterocycles. The largest absolute Gasteiger partial charge is 0.454 e. The third-order valence-corrected chi connectivity index (χ3v) is 4.66. The van der Waals surface area contributed by atoms with Crippen molar-refractivity contribution in [3.63, 3.8) is 0 Å². The minimum Gasteiger partial charge on any atom is -0.454 e. The maximum absolute atomic E-state index is 13.0. The van der Waals surface area contributed by atoms with Gasteiger partial charge in [0.05, 0.1) is 12.3 Å². The van der Waals surface area contributed by atoms with Crippen molar-refractivity contribution in [2.75, 3.05) is 27.1 Å². The molecule has 1 aromatic heterocycles. The summed E-state index contributed by atoms with van der Waals surface area (Å²) in [6.45, 7) is 4.75. The normalized spacial score (nSPS) is 18.3. The van der Waals surface area contributed by atoms with E-state index in [1.807, 2.05) is 15.8 Å². The highest BCUT2D eigenvalue weighted by Crippen LogP contribution is 2.34. The van der Waals surface area contributed by atoms with Gasteiger partial charge >= 0.3 is 0 Å². The van der Waals surface area contributed by atoms with Gasteiger partial charge < -0.3 is 19.1 Å². The van der Waals surface area contributed by atoms with Crippen LogP contribution >= 0.6 is 0 Å². The summed E-state index contributed by atoms with van der Waals surface area (Å²) in [6.07, 6.45) is 2.02. The van der Waals surface area contributed by atoms with E-state index in [0.29, 0.717) is 36.8 Å². The fourth-order valence-electron chi connectivity index (χ4n) is 3.43. The van der Waals surface area contributed by atoms with Crippen LogP contribution in [0.15, 0.2) is 24.4 Å². The first-order valence-electron chi connectivity index (χ1n) is 8.43. The van der Waals surface area contributed by atoms with Gasteiger partial charge in [0, 0.05) is 50.0 Å². The zero-order chi connectivity index (χ0) is 17.4. The summed E-state index contributed by atoms with van der Waals surface area (Å²) >= 11 is 0. The number of rotatable bonds is 4. The lowest BCUT2D eigenvalue weighted by Crippen LogP contribution is -2.39. The number of methoxy groups -OCH3 is 1. The van der Waals surface area contributed by atoms with Crippen LogP contribution in [0.2, 0.25) is 0 Å². The van der Waals surface area contributed by atoms with Gasteiger partial charge in [0.1, 0.15) is 0 Å². The number of carbonyl (C=O) groups is 1. The Morgan fingerprint density at radius 3 is 3.00 bits per heavy atom. The van der Waals surface area contributed by atoms with Gasteiger partial charge in [-0.1, -0.05) is 0 Å². The van der Waals surface area contributed by atoms with Crippen LogP contribution in [0.3, 0.4) is 0 Å². The van der Waals surface area contributed by atoms with Crippen molar-refractivity contribution >= 4 is 5.91 Å². The van der Waals surface area contributed by atoms with E-state index >= 15 is 0 Å². The summed E-state index contributed by atoms with van der Waals surface area (Å²) in [6, 6.07) is 5.32. The highest BCUT2D eigenvalue weighted by molar-refractivity contribution is 5.95. The van der Waals surface area contributed by atoms with Crippen molar-refractivity contribution in [3.8, 4) is 11.5 Å². The second kappa shape index (κ2) is 6.40. The summed E-state index contributed by atoms with van der Waals surface area (Å²) in [5, 5.41) is 4.65. The lowest BCUT2D eigenvalue weighted by Gasteiger charge is -2.31. The molecule has 7 heteroatoms. The lowest BCUT2D eigenvalue weighted by molar-refractivity contribution is 0.0678. The van der Waals surface area contributed by atoms with Gasteiger partial charge in [-0.2, -0.15) is 5.10 Å². The first-order chi connectivity index (χ1) is 12.2. The number of hydrogen-bond acceptors (Lipinski definition) is 5. The van der Waals surface area contributed by atoms with Crippen LogP contribution in [0.1, 0.15) is 34.5 Å². The average Bonchev–Trinajstić information content (AvgIpc) is 3.26. The van der Waals surface area contributed by atoms with Crippen molar-refractivity contribution in [2.45, 2.75) is 25.9 Å². The molecular weight excluding hydrogens is 322 g/mol. The molecular formula is C18H21N3O4. The number of hydrogen-bond donors (Lipinski definition) is 0. The molecule has 1 atom stereocenters. The second-order valence-corrected chi connectivity index (χ2v) is 6.30. The number of fused-ring (bicyclic) bond motifs is 2. The fraction of sp³-hybridized carbons (Fsp3) is 0.444. The third kappa shape index (κ3) is 2.84. The number of carbonyl (C=O) groups excluding carboxylic acids is 1. The van der Waals surface area contributed by atoms with E-state index in [1.165, 1.54) is 0 Å². The van der Waals surface area contributed by atoms with Gasteiger partial charge in [-0.05, 0) is 25.1 Å². The molecule has 0 aliphatic carbocycles. The van der Waals surface area contributed by atoms with Gasteiger partial charge in [0.15, 0.2) is 11.5 Å². The monoisotopic (exact) mass is 343 g/mol. The van der Waals surface area contributed by atoms with Crippen molar-refractivity contribution in [2.24, 2.45) is 0 Å². The molecule has 0 spiro atoms. The molecule has 25 heavy (non-hydrogen) atoms. The maximum atomic E-state index is 13.0. The summed E-state index contributed by atoms with van der Waals surface area (Å²) in [4.78, 5) is 14.8. The average molecular weight is 343 g/mol. The zero-order valence-corrected chi connectivity index (χ0v) is 14.4. The Kier molecular flexibility index (Phi) is 4.09. The minimum absolute atomic E-state index is 0.0192. The fourth-order valence-corrected chi connectivity index (χ4v) is 3.43. The van der Waals surface area contributed by atoms with E-state index in [2.05, 4.69) is 12.0 Å². The molecule has 0 radical (unpaired) electrons. The summed E-state index contributed by atoms with van der Waals surface area (Å²) in [5.74, 6) is 1.36. The van der Waals surface area contributed by atoms with Crippen molar-refractivity contribution in [1.82, 2.24) is 14.7 Å². The number of nitrogens with zero attached hydrogens (tertiary/aromatic N) is 3. The van der Waals surface area contributed by atoms with Gasteiger partial charge in [-0.25, -0.2) is 0 Å².